The second-order valence-corrected chi connectivity index (χ2v) is 14.2. The monoisotopic (exact) mass is 763 g/mol. The Labute approximate surface area is 324 Å². The van der Waals surface area contributed by atoms with E-state index in [2.05, 4.69) is 63.6 Å². The minimum atomic E-state index is -2.75. The number of likely N-dealkylation sites (N-methyl/N-ethyl adjacent to an activating group) is 1. The summed E-state index contributed by atoms with van der Waals surface area (Å²) in [7, 11) is 6.93. The van der Waals surface area contributed by atoms with Crippen LogP contribution in [0.25, 0.3) is 10.9 Å². The highest BCUT2D eigenvalue weighted by Gasteiger charge is 2.25. The molecule has 1 fully saturated rings. The average molecular weight is 764 g/mol. The predicted octanol–water partition coefficient (Wildman–Crippen LogP) is 10.1. The Balaban J connectivity index is 0.00000100. The Morgan fingerprint density at radius 3 is 2.28 bits per heavy atom. The lowest BCUT2D eigenvalue weighted by molar-refractivity contribution is 0.151. The van der Waals surface area contributed by atoms with Gasteiger partial charge in [-0.3, -0.25) is 9.69 Å². The van der Waals surface area contributed by atoms with Crippen LogP contribution in [0.1, 0.15) is 95.9 Å². The minimum absolute atomic E-state index is 0.0533. The van der Waals surface area contributed by atoms with Crippen LogP contribution in [0.2, 0.25) is 0 Å². The highest BCUT2D eigenvalue weighted by Crippen LogP contribution is 2.28. The fourth-order valence-corrected chi connectivity index (χ4v) is 6.62. The Hall–Kier alpha value is -3.96. The molecule has 0 aliphatic carbocycles. The van der Waals surface area contributed by atoms with Crippen LogP contribution in [0.5, 0.6) is 0 Å². The first kappa shape index (κ1) is 46.2. The summed E-state index contributed by atoms with van der Waals surface area (Å²) in [6.07, 6.45) is 17.6. The van der Waals surface area contributed by atoms with Gasteiger partial charge in [-0.15, -0.1) is 15.8 Å². The zero-order valence-corrected chi connectivity index (χ0v) is 34.5. The van der Waals surface area contributed by atoms with Crippen LogP contribution in [0.3, 0.4) is 0 Å². The zero-order valence-electron chi connectivity index (χ0n) is 33.4. The van der Waals surface area contributed by atoms with Crippen molar-refractivity contribution in [2.45, 2.75) is 91.8 Å². The number of hydrogen-bond donors (Lipinski definition) is 0. The fourth-order valence-electron chi connectivity index (χ4n) is 6.19. The number of anilines is 1. The van der Waals surface area contributed by atoms with E-state index in [9.17, 15) is 13.6 Å². The molecule has 0 spiro atoms. The smallest absolute Gasteiger partial charge is 0.263 e. The molecule has 0 amide bonds. The third-order valence-electron chi connectivity index (χ3n) is 9.59. The summed E-state index contributed by atoms with van der Waals surface area (Å²) in [5.74, 6) is -0.686. The maximum atomic E-state index is 15.2. The van der Waals surface area contributed by atoms with E-state index in [-0.39, 0.29) is 35.2 Å². The standard InChI is InChI=1S/C36H46F3N4OP.C5H9N.C3H6/c1-6-8-9-10-11-12-13-28(7-2)41(5)25(3)30-24-43(23-27-15-14-26(36(38)39)20-31(27)37)32-22-33(34(45)21-29(32)35(30)44)42-18-16-40(4)17-19-42;1-2-3-4-5-6;1-3-2/h6,8-12,14-15,20-22,24-25,28,36H,7,13,16-19,23,45H2,1-5H3;2-4H2,1H3;3H,1H2,2H3/b8-6-,10-9-,12-11+;;. The summed E-state index contributed by atoms with van der Waals surface area (Å²) in [4.78, 5) is 21.0. The number of allylic oxidation sites excluding steroid dienone is 6. The van der Waals surface area contributed by atoms with E-state index >= 15 is 4.39 Å². The van der Waals surface area contributed by atoms with Gasteiger partial charge < -0.3 is 14.4 Å². The Kier molecular flexibility index (Phi) is 20.9. The molecule has 2 heterocycles. The Morgan fingerprint density at radius 1 is 1.06 bits per heavy atom. The third kappa shape index (κ3) is 13.7. The number of nitrogens with zero attached hydrogens (tertiary/aromatic N) is 5. The molecule has 0 N–H and O–H groups in total. The van der Waals surface area contributed by atoms with Crippen molar-refractivity contribution in [2.24, 2.45) is 0 Å². The first-order valence-electron chi connectivity index (χ1n) is 19.0. The van der Waals surface area contributed by atoms with E-state index in [4.69, 9.17) is 5.26 Å². The second-order valence-electron chi connectivity index (χ2n) is 13.6. The maximum absolute atomic E-state index is 15.2. The summed E-state index contributed by atoms with van der Waals surface area (Å²) < 4.78 is 43.6. The quantitative estimate of drug-likeness (QED) is 0.0709. The molecule has 0 bridgehead atoms. The molecular formula is C44H61F3N5OP. The number of unbranched alkanes of at least 4 members (excludes halogenated alkanes) is 2. The van der Waals surface area contributed by atoms with Crippen LogP contribution in [-0.2, 0) is 6.54 Å². The Morgan fingerprint density at radius 2 is 1.72 bits per heavy atom. The lowest BCUT2D eigenvalue weighted by atomic mass is 10.0. The molecule has 1 aromatic heterocycles. The second kappa shape index (κ2) is 24.4. The fraction of sp³-hybridized carbons (Fsp3) is 0.455. The molecule has 294 valence electrons. The van der Waals surface area contributed by atoms with Gasteiger partial charge in [0, 0.05) is 78.6 Å². The highest BCUT2D eigenvalue weighted by molar-refractivity contribution is 7.28. The van der Waals surface area contributed by atoms with Crippen LogP contribution in [0.15, 0.2) is 90.4 Å². The number of hydrogen-bond acceptors (Lipinski definition) is 5. The number of benzene rings is 2. The molecule has 54 heavy (non-hydrogen) atoms. The first-order valence-corrected chi connectivity index (χ1v) is 19.5. The molecule has 6 nitrogen and oxygen atoms in total. The number of pyridine rings is 1. The molecule has 3 aromatic rings. The van der Waals surface area contributed by atoms with Crippen molar-refractivity contribution in [3.63, 3.8) is 0 Å². The van der Waals surface area contributed by atoms with Gasteiger partial charge in [-0.05, 0) is 77.6 Å². The average Bonchev–Trinajstić information content (AvgIpc) is 3.15. The SMILES string of the molecule is C=CC.CCCCC#N.C\C=C/C=C\C=C\CC(CC)N(C)C(C)c1cn(Cc2ccc(C(F)F)cc2F)c2cc(N3CCN(C)CC3)c(P)cc2c1=O. The normalized spacial score (nSPS) is 14.7. The molecule has 2 aromatic carbocycles. The number of aromatic nitrogens is 1. The number of piperazine rings is 1. The van der Waals surface area contributed by atoms with E-state index in [0.717, 1.165) is 75.3 Å². The lowest BCUT2D eigenvalue weighted by Crippen LogP contribution is -2.45. The summed E-state index contributed by atoms with van der Waals surface area (Å²) in [5.41, 5.74) is 2.21. The topological polar surface area (TPSA) is 55.5 Å². The van der Waals surface area contributed by atoms with Crippen molar-refractivity contribution in [1.29, 1.82) is 5.26 Å². The number of alkyl halides is 2. The van der Waals surface area contributed by atoms with Crippen LogP contribution in [-0.4, -0.2) is 60.7 Å². The van der Waals surface area contributed by atoms with E-state index in [0.29, 0.717) is 16.5 Å². The molecule has 10 heteroatoms. The lowest BCUT2D eigenvalue weighted by Gasteiger charge is -2.35. The number of fused-ring (bicyclic) bond motifs is 1. The van der Waals surface area contributed by atoms with Gasteiger partial charge >= 0.3 is 0 Å². The van der Waals surface area contributed by atoms with Crippen LogP contribution in [0, 0.1) is 17.1 Å². The number of rotatable bonds is 14. The van der Waals surface area contributed by atoms with E-state index < -0.39 is 12.2 Å². The summed E-state index contributed by atoms with van der Waals surface area (Å²) in [6, 6.07) is 9.60. The van der Waals surface area contributed by atoms with Gasteiger partial charge in [-0.25, -0.2) is 13.2 Å². The van der Waals surface area contributed by atoms with Crippen molar-refractivity contribution >= 4 is 31.1 Å². The van der Waals surface area contributed by atoms with Crippen LogP contribution in [0.4, 0.5) is 18.9 Å². The third-order valence-corrected chi connectivity index (χ3v) is 10.1. The van der Waals surface area contributed by atoms with Crippen molar-refractivity contribution in [2.75, 3.05) is 45.2 Å². The van der Waals surface area contributed by atoms with E-state index in [1.54, 1.807) is 6.08 Å². The number of nitriles is 1. The van der Waals surface area contributed by atoms with Gasteiger partial charge in [-0.1, -0.05) is 74.9 Å². The molecule has 3 atom stereocenters. The highest BCUT2D eigenvalue weighted by atomic mass is 31.0. The van der Waals surface area contributed by atoms with Gasteiger partial charge in [0.05, 0.1) is 18.1 Å². The molecular weight excluding hydrogens is 702 g/mol. The van der Waals surface area contributed by atoms with Gasteiger partial charge in [0.2, 0.25) is 0 Å². The van der Waals surface area contributed by atoms with Crippen LogP contribution >= 0.6 is 9.24 Å². The van der Waals surface area contributed by atoms with E-state index in [1.165, 1.54) is 12.1 Å². The summed E-state index contributed by atoms with van der Waals surface area (Å²) in [5, 5.41) is 9.44. The number of halogens is 3. The van der Waals surface area contributed by atoms with Crippen molar-refractivity contribution in [1.82, 2.24) is 14.4 Å². The maximum Gasteiger partial charge on any atom is 0.263 e. The van der Waals surface area contributed by atoms with E-state index in [1.807, 2.05) is 81.1 Å². The molecule has 1 aliphatic heterocycles. The largest absolute Gasteiger partial charge is 0.368 e. The van der Waals surface area contributed by atoms with Crippen molar-refractivity contribution in [3.05, 3.63) is 118 Å². The van der Waals surface area contributed by atoms with Crippen molar-refractivity contribution in [3.8, 4) is 6.07 Å². The van der Waals surface area contributed by atoms with Gasteiger partial charge in [-0.2, -0.15) is 5.26 Å². The molecule has 0 saturated carbocycles. The van der Waals surface area contributed by atoms with Gasteiger partial charge in [0.1, 0.15) is 5.82 Å². The van der Waals surface area contributed by atoms with Crippen molar-refractivity contribution < 1.29 is 13.2 Å². The van der Waals surface area contributed by atoms with Gasteiger partial charge in [0.15, 0.2) is 5.43 Å². The molecule has 0 radical (unpaired) electrons. The molecule has 3 unspecified atom stereocenters. The Bertz CT molecular complexity index is 1800. The predicted molar refractivity (Wildman–Crippen MR) is 227 cm³/mol. The minimum Gasteiger partial charge on any atom is -0.368 e. The molecule has 4 rings (SSSR count). The summed E-state index contributed by atoms with van der Waals surface area (Å²) in [6.45, 7) is 17.2. The van der Waals surface area contributed by atoms with Crippen LogP contribution < -0.4 is 15.6 Å². The molecule has 1 saturated heterocycles. The zero-order chi connectivity index (χ0) is 40.2. The van der Waals surface area contributed by atoms with Gasteiger partial charge in [0.25, 0.3) is 6.43 Å². The summed E-state index contributed by atoms with van der Waals surface area (Å²) >= 11 is 0. The molecule has 1 aliphatic rings. The first-order chi connectivity index (χ1) is 25.9.